The van der Waals surface area contributed by atoms with Crippen LogP contribution in [0.25, 0.3) is 0 Å². The van der Waals surface area contributed by atoms with Gasteiger partial charge in [0, 0.05) is 12.0 Å². The van der Waals surface area contributed by atoms with E-state index in [2.05, 4.69) is 5.32 Å². The summed E-state index contributed by atoms with van der Waals surface area (Å²) < 4.78 is 5.30. The summed E-state index contributed by atoms with van der Waals surface area (Å²) in [7, 11) is 0. The molecule has 1 heterocycles. The first kappa shape index (κ1) is 6.44. The Kier molecular flexibility index (Phi) is 1.29. The normalized spacial score (nSPS) is 54.5. The van der Waals surface area contributed by atoms with Crippen molar-refractivity contribution in [1.82, 2.24) is 5.32 Å². The van der Waals surface area contributed by atoms with Gasteiger partial charge in [0.15, 0.2) is 0 Å². The van der Waals surface area contributed by atoms with E-state index in [1.165, 1.54) is 19.3 Å². The highest BCUT2D eigenvalue weighted by atomic mass is 16.5. The van der Waals surface area contributed by atoms with Crippen LogP contribution in [0.1, 0.15) is 19.3 Å². The van der Waals surface area contributed by atoms with Gasteiger partial charge < -0.3 is 4.74 Å². The lowest BCUT2D eigenvalue weighted by molar-refractivity contribution is 0.0423. The average Bonchev–Trinajstić information content (AvgIpc) is 2.64. The van der Waals surface area contributed by atoms with Crippen molar-refractivity contribution in [3.05, 3.63) is 6.73 Å². The van der Waals surface area contributed by atoms with Gasteiger partial charge in [0.05, 0.1) is 6.61 Å². The lowest BCUT2D eigenvalue weighted by Crippen LogP contribution is -2.45. The van der Waals surface area contributed by atoms with E-state index >= 15 is 0 Å². The van der Waals surface area contributed by atoms with Gasteiger partial charge >= 0.3 is 0 Å². The number of hydrogen-bond acceptors (Lipinski definition) is 2. The Hall–Kier alpha value is -0.0800. The SMILES string of the molecule is [CH]1N[C@H]2[C@@H]3CC[C@@H](C3)[C@H]2CO1. The molecule has 4 atom stereocenters. The standard InChI is InChI=1S/C9H14NO/c1-2-7-3-6(1)8-4-11-5-10-9(7)8/h5-10H,1-4H2/t6-,7+,8+,9-/m0/s1. The molecule has 1 radical (unpaired) electrons. The Bertz CT molecular complexity index is 153. The van der Waals surface area contributed by atoms with Crippen LogP contribution in [0.3, 0.4) is 0 Å². The first-order valence-corrected chi connectivity index (χ1v) is 4.64. The molecule has 2 saturated carbocycles. The first-order chi connectivity index (χ1) is 5.45. The van der Waals surface area contributed by atoms with Crippen LogP contribution in [-0.2, 0) is 4.74 Å². The number of rotatable bonds is 0. The third-order valence-corrected chi connectivity index (χ3v) is 3.72. The summed E-state index contributed by atoms with van der Waals surface area (Å²) in [4.78, 5) is 0. The van der Waals surface area contributed by atoms with Crippen LogP contribution in [0, 0.1) is 24.5 Å². The summed E-state index contributed by atoms with van der Waals surface area (Å²) in [6, 6.07) is 0.766. The van der Waals surface area contributed by atoms with Gasteiger partial charge in [0.1, 0.15) is 6.73 Å². The second kappa shape index (κ2) is 2.20. The molecule has 61 valence electrons. The van der Waals surface area contributed by atoms with Crippen molar-refractivity contribution < 1.29 is 4.74 Å². The number of nitrogens with one attached hydrogen (secondary N) is 1. The Labute approximate surface area is 67.3 Å². The van der Waals surface area contributed by atoms with Gasteiger partial charge in [-0.15, -0.1) is 0 Å². The van der Waals surface area contributed by atoms with Crippen molar-refractivity contribution in [2.45, 2.75) is 25.3 Å². The molecule has 3 rings (SSSR count). The third kappa shape index (κ3) is 0.798. The van der Waals surface area contributed by atoms with E-state index in [0.29, 0.717) is 0 Å². The molecule has 0 spiro atoms. The molecule has 2 aliphatic carbocycles. The topological polar surface area (TPSA) is 21.3 Å². The summed E-state index contributed by atoms with van der Waals surface area (Å²) in [6.07, 6.45) is 4.36. The molecule has 11 heavy (non-hydrogen) atoms. The molecule has 0 aromatic heterocycles. The zero-order valence-electron chi connectivity index (χ0n) is 6.62. The van der Waals surface area contributed by atoms with Crippen molar-refractivity contribution in [2.24, 2.45) is 17.8 Å². The fourth-order valence-corrected chi connectivity index (χ4v) is 3.20. The summed E-state index contributed by atoms with van der Waals surface area (Å²) >= 11 is 0. The van der Waals surface area contributed by atoms with Crippen molar-refractivity contribution in [3.63, 3.8) is 0 Å². The van der Waals surface area contributed by atoms with E-state index in [1.807, 2.05) is 0 Å². The summed E-state index contributed by atoms with van der Waals surface area (Å²) in [6.45, 7) is 2.76. The third-order valence-electron chi connectivity index (χ3n) is 3.72. The van der Waals surface area contributed by atoms with Crippen molar-refractivity contribution >= 4 is 0 Å². The highest BCUT2D eigenvalue weighted by molar-refractivity contribution is 5.02. The molecule has 0 unspecified atom stereocenters. The van der Waals surface area contributed by atoms with E-state index in [-0.39, 0.29) is 0 Å². The summed E-state index contributed by atoms with van der Waals surface area (Å²) in [5.41, 5.74) is 0. The van der Waals surface area contributed by atoms with Crippen molar-refractivity contribution in [2.75, 3.05) is 6.61 Å². The first-order valence-electron chi connectivity index (χ1n) is 4.64. The molecule has 0 aromatic carbocycles. The molecule has 1 N–H and O–H groups in total. The van der Waals surface area contributed by atoms with Gasteiger partial charge in [-0.3, -0.25) is 5.32 Å². The van der Waals surface area contributed by atoms with Gasteiger partial charge in [0.25, 0.3) is 0 Å². The predicted molar refractivity (Wildman–Crippen MR) is 41.5 cm³/mol. The minimum atomic E-state index is 0.766. The zero-order valence-corrected chi connectivity index (χ0v) is 6.62. The molecule has 1 saturated heterocycles. The average molecular weight is 152 g/mol. The monoisotopic (exact) mass is 152 g/mol. The fourth-order valence-electron chi connectivity index (χ4n) is 3.20. The predicted octanol–water partition coefficient (Wildman–Crippen LogP) is 1.14. The van der Waals surface area contributed by atoms with Crippen LogP contribution >= 0.6 is 0 Å². The van der Waals surface area contributed by atoms with Crippen LogP contribution in [0.4, 0.5) is 0 Å². The molecular weight excluding hydrogens is 138 g/mol. The lowest BCUT2D eigenvalue weighted by Gasteiger charge is -2.35. The molecule has 1 aliphatic heterocycles. The van der Waals surface area contributed by atoms with Crippen LogP contribution in [-0.4, -0.2) is 12.6 Å². The summed E-state index contributed by atoms with van der Waals surface area (Å²) in [5.74, 6) is 2.77. The van der Waals surface area contributed by atoms with Gasteiger partial charge in [-0.25, -0.2) is 0 Å². The molecular formula is C9H14NO. The molecule has 0 amide bonds. The number of hydrogen-bond donors (Lipinski definition) is 1. The Morgan fingerprint density at radius 1 is 1.27 bits per heavy atom. The second-order valence-corrected chi connectivity index (χ2v) is 4.14. The van der Waals surface area contributed by atoms with Gasteiger partial charge in [0.2, 0.25) is 0 Å². The second-order valence-electron chi connectivity index (χ2n) is 4.14. The number of ether oxygens (including phenoxy) is 1. The van der Waals surface area contributed by atoms with Crippen molar-refractivity contribution in [1.29, 1.82) is 0 Å². The smallest absolute Gasteiger partial charge is 0.148 e. The Balaban J connectivity index is 1.84. The van der Waals surface area contributed by atoms with Gasteiger partial charge in [-0.2, -0.15) is 0 Å². The maximum absolute atomic E-state index is 5.30. The van der Waals surface area contributed by atoms with E-state index in [0.717, 1.165) is 30.4 Å². The summed E-state index contributed by atoms with van der Waals surface area (Å²) in [5, 5.41) is 3.37. The van der Waals surface area contributed by atoms with Crippen LogP contribution in [0.5, 0.6) is 0 Å². The number of fused-ring (bicyclic) bond motifs is 5. The van der Waals surface area contributed by atoms with Crippen molar-refractivity contribution in [3.8, 4) is 0 Å². The fraction of sp³-hybridized carbons (Fsp3) is 0.889. The van der Waals surface area contributed by atoms with E-state index in [9.17, 15) is 0 Å². The largest absolute Gasteiger partial charge is 0.359 e. The molecule has 2 nitrogen and oxygen atoms in total. The van der Waals surface area contributed by atoms with Gasteiger partial charge in [-0.05, 0) is 31.1 Å². The Morgan fingerprint density at radius 3 is 3.09 bits per heavy atom. The maximum atomic E-state index is 5.30. The van der Waals surface area contributed by atoms with E-state index in [4.69, 9.17) is 4.74 Å². The Morgan fingerprint density at radius 2 is 2.18 bits per heavy atom. The highest BCUT2D eigenvalue weighted by Crippen LogP contribution is 2.49. The molecule has 3 fully saturated rings. The zero-order chi connectivity index (χ0) is 7.26. The van der Waals surface area contributed by atoms with Crippen LogP contribution in [0.15, 0.2) is 0 Å². The van der Waals surface area contributed by atoms with Crippen LogP contribution < -0.4 is 5.32 Å². The molecule has 2 bridgehead atoms. The van der Waals surface area contributed by atoms with Crippen LogP contribution in [0.2, 0.25) is 0 Å². The molecule has 0 aromatic rings. The van der Waals surface area contributed by atoms with E-state index < -0.39 is 0 Å². The highest BCUT2D eigenvalue weighted by Gasteiger charge is 2.48. The minimum absolute atomic E-state index is 0.766. The molecule has 3 aliphatic rings. The van der Waals surface area contributed by atoms with E-state index in [1.54, 1.807) is 6.73 Å². The minimum Gasteiger partial charge on any atom is -0.359 e. The lowest BCUT2D eigenvalue weighted by atomic mass is 9.84. The quantitative estimate of drug-likeness (QED) is 0.562. The van der Waals surface area contributed by atoms with Gasteiger partial charge in [-0.1, -0.05) is 0 Å². The maximum Gasteiger partial charge on any atom is 0.148 e. The molecule has 2 heteroatoms.